The lowest BCUT2D eigenvalue weighted by molar-refractivity contribution is 0.306. The summed E-state index contributed by atoms with van der Waals surface area (Å²) in [4.78, 5) is 0. The Bertz CT molecular complexity index is 617. The van der Waals surface area contributed by atoms with E-state index < -0.39 is 0 Å². The fourth-order valence-electron chi connectivity index (χ4n) is 2.72. The van der Waals surface area contributed by atoms with Crippen molar-refractivity contribution < 1.29 is 4.74 Å². The van der Waals surface area contributed by atoms with Crippen molar-refractivity contribution in [2.45, 2.75) is 32.3 Å². The first-order chi connectivity index (χ1) is 9.65. The topological polar surface area (TPSA) is 9.23 Å². The molecule has 1 unspecified atom stereocenters. The molecule has 0 N–H and O–H groups in total. The minimum atomic E-state index is 0.396. The van der Waals surface area contributed by atoms with Gasteiger partial charge >= 0.3 is 0 Å². The molecule has 0 heterocycles. The van der Waals surface area contributed by atoms with Gasteiger partial charge in [-0.15, -0.1) is 0 Å². The summed E-state index contributed by atoms with van der Waals surface area (Å²) in [6, 6.07) is 11.9. The highest BCUT2D eigenvalue weighted by atomic mass is 35.5. The number of fused-ring (bicyclic) bond motifs is 1. The van der Waals surface area contributed by atoms with E-state index in [9.17, 15) is 0 Å². The average Bonchev–Trinajstić information content (AvgIpc) is 2.79. The molecule has 1 atom stereocenters. The van der Waals surface area contributed by atoms with E-state index in [2.05, 4.69) is 19.1 Å². The van der Waals surface area contributed by atoms with Gasteiger partial charge in [0, 0.05) is 15.6 Å². The fourth-order valence-corrected chi connectivity index (χ4v) is 3.23. The molecule has 3 rings (SSSR count). The Morgan fingerprint density at radius 2 is 1.90 bits per heavy atom. The van der Waals surface area contributed by atoms with Crippen LogP contribution in [0.3, 0.4) is 0 Å². The minimum Gasteiger partial charge on any atom is -0.489 e. The molecule has 0 aromatic heterocycles. The molecule has 2 aromatic rings. The lowest BCUT2D eigenvalue weighted by atomic mass is 10.0. The normalized spacial score (nSPS) is 17.1. The van der Waals surface area contributed by atoms with Gasteiger partial charge in [-0.3, -0.25) is 0 Å². The Labute approximate surface area is 129 Å². The third-order valence-electron chi connectivity index (χ3n) is 3.94. The van der Waals surface area contributed by atoms with Crippen molar-refractivity contribution in [1.29, 1.82) is 0 Å². The second kappa shape index (κ2) is 5.67. The standard InChI is InChI=1S/C17H16Cl2O/c1-11-5-6-12-9-13(7-8-14(11)12)20-10-15-16(18)3-2-4-17(15)19/h2-4,7-9,11H,5-6,10H2,1H3. The zero-order valence-corrected chi connectivity index (χ0v) is 12.8. The molecule has 3 heteroatoms. The van der Waals surface area contributed by atoms with Crippen LogP contribution in [0.4, 0.5) is 0 Å². The SMILES string of the molecule is CC1CCc2cc(OCc3c(Cl)cccc3Cl)ccc21. The molecule has 0 aliphatic heterocycles. The Morgan fingerprint density at radius 1 is 1.15 bits per heavy atom. The first-order valence-electron chi connectivity index (χ1n) is 6.83. The molecule has 1 aliphatic rings. The molecule has 1 aliphatic carbocycles. The summed E-state index contributed by atoms with van der Waals surface area (Å²) in [5.41, 5.74) is 3.69. The summed E-state index contributed by atoms with van der Waals surface area (Å²) in [6.07, 6.45) is 2.37. The fraction of sp³-hybridized carbons (Fsp3) is 0.294. The van der Waals surface area contributed by atoms with Gasteiger partial charge in [-0.2, -0.15) is 0 Å². The Hall–Kier alpha value is -1.18. The first kappa shape index (κ1) is 13.8. The predicted molar refractivity (Wildman–Crippen MR) is 84.0 cm³/mol. The predicted octanol–water partition coefficient (Wildman–Crippen LogP) is 5.62. The van der Waals surface area contributed by atoms with E-state index in [1.807, 2.05) is 24.3 Å². The van der Waals surface area contributed by atoms with Crippen LogP contribution in [0.15, 0.2) is 36.4 Å². The second-order valence-electron chi connectivity index (χ2n) is 5.29. The number of rotatable bonds is 3. The first-order valence-corrected chi connectivity index (χ1v) is 7.59. The number of ether oxygens (including phenoxy) is 1. The monoisotopic (exact) mass is 306 g/mol. The van der Waals surface area contributed by atoms with Gasteiger partial charge in [0.1, 0.15) is 12.4 Å². The second-order valence-corrected chi connectivity index (χ2v) is 6.10. The van der Waals surface area contributed by atoms with Crippen molar-refractivity contribution in [1.82, 2.24) is 0 Å². The largest absolute Gasteiger partial charge is 0.489 e. The van der Waals surface area contributed by atoms with Crippen LogP contribution in [-0.2, 0) is 13.0 Å². The summed E-state index contributed by atoms with van der Waals surface area (Å²) in [6.45, 7) is 2.67. The van der Waals surface area contributed by atoms with Crippen LogP contribution in [-0.4, -0.2) is 0 Å². The summed E-state index contributed by atoms with van der Waals surface area (Å²) >= 11 is 12.3. The van der Waals surface area contributed by atoms with E-state index in [1.165, 1.54) is 17.5 Å². The van der Waals surface area contributed by atoms with Crippen molar-refractivity contribution in [2.75, 3.05) is 0 Å². The maximum absolute atomic E-state index is 6.14. The molecule has 2 aromatic carbocycles. The zero-order valence-electron chi connectivity index (χ0n) is 11.3. The number of hydrogen-bond donors (Lipinski definition) is 0. The number of hydrogen-bond acceptors (Lipinski definition) is 1. The molecule has 20 heavy (non-hydrogen) atoms. The van der Waals surface area contributed by atoms with Crippen LogP contribution < -0.4 is 4.74 Å². The van der Waals surface area contributed by atoms with Crippen LogP contribution in [0, 0.1) is 0 Å². The molecule has 1 nitrogen and oxygen atoms in total. The molecule has 0 amide bonds. The van der Waals surface area contributed by atoms with Crippen LogP contribution in [0.25, 0.3) is 0 Å². The van der Waals surface area contributed by atoms with Gasteiger partial charge in [0.05, 0.1) is 0 Å². The Balaban J connectivity index is 1.76. The van der Waals surface area contributed by atoms with E-state index in [0.717, 1.165) is 17.7 Å². The Morgan fingerprint density at radius 3 is 2.65 bits per heavy atom. The van der Waals surface area contributed by atoms with Gasteiger partial charge in [0.15, 0.2) is 0 Å². The maximum atomic E-state index is 6.14. The smallest absolute Gasteiger partial charge is 0.120 e. The lowest BCUT2D eigenvalue weighted by Crippen LogP contribution is -1.98. The highest BCUT2D eigenvalue weighted by molar-refractivity contribution is 6.35. The third kappa shape index (κ3) is 2.65. The summed E-state index contributed by atoms with van der Waals surface area (Å²) in [7, 11) is 0. The summed E-state index contributed by atoms with van der Waals surface area (Å²) < 4.78 is 5.85. The highest BCUT2D eigenvalue weighted by Gasteiger charge is 2.18. The van der Waals surface area contributed by atoms with E-state index in [4.69, 9.17) is 27.9 Å². The van der Waals surface area contributed by atoms with Crippen molar-refractivity contribution >= 4 is 23.2 Å². The number of benzene rings is 2. The Kier molecular flexibility index (Phi) is 3.91. The van der Waals surface area contributed by atoms with Gasteiger partial charge in [-0.1, -0.05) is 42.3 Å². The van der Waals surface area contributed by atoms with Crippen LogP contribution in [0.5, 0.6) is 5.75 Å². The molecule has 104 valence electrons. The van der Waals surface area contributed by atoms with E-state index in [0.29, 0.717) is 22.6 Å². The highest BCUT2D eigenvalue weighted by Crippen LogP contribution is 2.35. The number of halogens is 2. The van der Waals surface area contributed by atoms with Gasteiger partial charge < -0.3 is 4.74 Å². The molecule has 0 radical (unpaired) electrons. The maximum Gasteiger partial charge on any atom is 0.120 e. The van der Waals surface area contributed by atoms with Gasteiger partial charge in [-0.05, 0) is 54.2 Å². The third-order valence-corrected chi connectivity index (χ3v) is 4.65. The van der Waals surface area contributed by atoms with Crippen LogP contribution in [0.1, 0.15) is 36.0 Å². The lowest BCUT2D eigenvalue weighted by Gasteiger charge is -2.11. The van der Waals surface area contributed by atoms with E-state index in [-0.39, 0.29) is 0 Å². The van der Waals surface area contributed by atoms with Crippen molar-refractivity contribution in [3.8, 4) is 5.75 Å². The van der Waals surface area contributed by atoms with Crippen LogP contribution in [0.2, 0.25) is 10.0 Å². The van der Waals surface area contributed by atoms with Crippen molar-refractivity contribution in [3.63, 3.8) is 0 Å². The van der Waals surface area contributed by atoms with Gasteiger partial charge in [-0.25, -0.2) is 0 Å². The molecule has 0 bridgehead atoms. The molecular formula is C17H16Cl2O. The molecule has 0 spiro atoms. The van der Waals surface area contributed by atoms with Gasteiger partial charge in [0.25, 0.3) is 0 Å². The van der Waals surface area contributed by atoms with Crippen molar-refractivity contribution in [3.05, 3.63) is 63.1 Å². The van der Waals surface area contributed by atoms with Crippen LogP contribution >= 0.6 is 23.2 Å². The minimum absolute atomic E-state index is 0.396. The summed E-state index contributed by atoms with van der Waals surface area (Å²) in [5, 5.41) is 1.29. The average molecular weight is 307 g/mol. The summed E-state index contributed by atoms with van der Waals surface area (Å²) in [5.74, 6) is 1.55. The molecule has 0 saturated carbocycles. The van der Waals surface area contributed by atoms with E-state index in [1.54, 1.807) is 0 Å². The van der Waals surface area contributed by atoms with Crippen molar-refractivity contribution in [2.24, 2.45) is 0 Å². The molecule has 0 fully saturated rings. The number of aryl methyl sites for hydroxylation is 1. The van der Waals surface area contributed by atoms with E-state index >= 15 is 0 Å². The molecule has 0 saturated heterocycles. The zero-order chi connectivity index (χ0) is 14.1. The quantitative estimate of drug-likeness (QED) is 0.715. The van der Waals surface area contributed by atoms with Gasteiger partial charge in [0.2, 0.25) is 0 Å². The molecular weight excluding hydrogens is 291 g/mol.